The van der Waals surface area contributed by atoms with Gasteiger partial charge in [-0.2, -0.15) is 5.26 Å². The number of hydrogen-bond donors (Lipinski definition) is 2. The van der Waals surface area contributed by atoms with E-state index in [2.05, 4.69) is 11.4 Å². The summed E-state index contributed by atoms with van der Waals surface area (Å²) in [6.07, 6.45) is 0.896. The maximum absolute atomic E-state index is 12.3. The van der Waals surface area contributed by atoms with Crippen LogP contribution in [0.15, 0.2) is 18.2 Å². The topological polar surface area (TPSA) is 82.2 Å². The minimum absolute atomic E-state index is 0.0439. The molecule has 0 aromatic heterocycles. The van der Waals surface area contributed by atoms with Gasteiger partial charge in [0.05, 0.1) is 24.0 Å². The van der Waals surface area contributed by atoms with Crippen molar-refractivity contribution in [2.75, 3.05) is 23.7 Å². The van der Waals surface area contributed by atoms with Crippen molar-refractivity contribution in [2.45, 2.75) is 32.7 Å². The highest BCUT2D eigenvalue weighted by molar-refractivity contribution is 5.85. The lowest BCUT2D eigenvalue weighted by Crippen LogP contribution is -2.51. The zero-order chi connectivity index (χ0) is 15.6. The van der Waals surface area contributed by atoms with Crippen LogP contribution in [0.25, 0.3) is 0 Å². The van der Waals surface area contributed by atoms with E-state index in [0.29, 0.717) is 5.69 Å². The molecule has 1 unspecified atom stereocenters. The van der Waals surface area contributed by atoms with Crippen LogP contribution in [0.5, 0.6) is 0 Å². The average molecular weight is 286 g/mol. The maximum atomic E-state index is 12.3. The van der Waals surface area contributed by atoms with Gasteiger partial charge in [0, 0.05) is 6.54 Å². The molecule has 1 aromatic carbocycles. The molecule has 5 nitrogen and oxygen atoms in total. The van der Waals surface area contributed by atoms with Gasteiger partial charge in [-0.1, -0.05) is 26.0 Å². The van der Waals surface area contributed by atoms with Gasteiger partial charge in [-0.3, -0.25) is 4.79 Å². The van der Waals surface area contributed by atoms with Crippen molar-refractivity contribution in [3.05, 3.63) is 23.8 Å². The molecule has 0 fully saturated rings. The number of carbonyl (C=O) groups excluding carboxylic acids is 1. The van der Waals surface area contributed by atoms with Crippen LogP contribution in [0.2, 0.25) is 0 Å². The fraction of sp³-hybridized carbons (Fsp3) is 0.500. The van der Waals surface area contributed by atoms with E-state index in [4.69, 9.17) is 5.73 Å². The largest absolute Gasteiger partial charge is 0.397 e. The number of rotatable bonds is 4. The normalized spacial score (nSPS) is 16.2. The molecule has 0 radical (unpaired) electrons. The SMILES string of the molecule is CC(C)C(C)(C#N)NC(=O)CN1CCc2cccc(N)c21. The van der Waals surface area contributed by atoms with Crippen LogP contribution in [0.1, 0.15) is 26.3 Å². The monoisotopic (exact) mass is 286 g/mol. The molecular weight excluding hydrogens is 264 g/mol. The summed E-state index contributed by atoms with van der Waals surface area (Å²) in [5.74, 6) is -0.105. The van der Waals surface area contributed by atoms with Crippen molar-refractivity contribution < 1.29 is 4.79 Å². The Morgan fingerprint density at radius 2 is 2.29 bits per heavy atom. The Bertz CT molecular complexity index is 590. The molecule has 1 heterocycles. The maximum Gasteiger partial charge on any atom is 0.240 e. The van der Waals surface area contributed by atoms with E-state index in [9.17, 15) is 10.1 Å². The summed E-state index contributed by atoms with van der Waals surface area (Å²) < 4.78 is 0. The number of nitriles is 1. The second-order valence-corrected chi connectivity index (χ2v) is 6.04. The van der Waals surface area contributed by atoms with E-state index in [1.54, 1.807) is 6.92 Å². The van der Waals surface area contributed by atoms with Crippen molar-refractivity contribution in [1.82, 2.24) is 5.32 Å². The van der Waals surface area contributed by atoms with Crippen molar-refractivity contribution >= 4 is 17.3 Å². The number of nitrogen functional groups attached to an aromatic ring is 1. The first kappa shape index (κ1) is 15.2. The van der Waals surface area contributed by atoms with Crippen LogP contribution in [-0.2, 0) is 11.2 Å². The first-order chi connectivity index (χ1) is 9.87. The smallest absolute Gasteiger partial charge is 0.240 e. The second kappa shape index (κ2) is 5.65. The Morgan fingerprint density at radius 1 is 1.57 bits per heavy atom. The molecule has 0 aliphatic carbocycles. The summed E-state index contributed by atoms with van der Waals surface area (Å²) in [4.78, 5) is 14.2. The minimum atomic E-state index is -0.845. The molecular formula is C16H22N4O. The summed E-state index contributed by atoms with van der Waals surface area (Å²) >= 11 is 0. The molecule has 1 amide bonds. The lowest BCUT2D eigenvalue weighted by molar-refractivity contribution is -0.121. The number of hydrogen-bond acceptors (Lipinski definition) is 4. The third-order valence-corrected chi connectivity index (χ3v) is 4.24. The van der Waals surface area contributed by atoms with Crippen molar-refractivity contribution in [3.63, 3.8) is 0 Å². The predicted octanol–water partition coefficient (Wildman–Crippen LogP) is 1.69. The summed E-state index contributed by atoms with van der Waals surface area (Å²) in [6, 6.07) is 8.01. The highest BCUT2D eigenvalue weighted by Crippen LogP contribution is 2.33. The number of fused-ring (bicyclic) bond motifs is 1. The summed E-state index contributed by atoms with van der Waals surface area (Å²) in [6.45, 7) is 6.61. The molecule has 21 heavy (non-hydrogen) atoms. The van der Waals surface area contributed by atoms with E-state index in [1.807, 2.05) is 36.9 Å². The molecule has 1 aliphatic rings. The van der Waals surface area contributed by atoms with Gasteiger partial charge in [0.15, 0.2) is 0 Å². The fourth-order valence-electron chi connectivity index (χ4n) is 2.53. The first-order valence-electron chi connectivity index (χ1n) is 7.22. The van der Waals surface area contributed by atoms with Gasteiger partial charge in [-0.25, -0.2) is 0 Å². The van der Waals surface area contributed by atoms with Gasteiger partial charge in [-0.15, -0.1) is 0 Å². The molecule has 1 aromatic rings. The Hall–Kier alpha value is -2.22. The highest BCUT2D eigenvalue weighted by Gasteiger charge is 2.31. The quantitative estimate of drug-likeness (QED) is 0.825. The molecule has 0 saturated carbocycles. The Kier molecular flexibility index (Phi) is 4.08. The minimum Gasteiger partial charge on any atom is -0.397 e. The van der Waals surface area contributed by atoms with Gasteiger partial charge >= 0.3 is 0 Å². The van der Waals surface area contributed by atoms with Crippen LogP contribution in [-0.4, -0.2) is 24.5 Å². The van der Waals surface area contributed by atoms with Gasteiger partial charge in [-0.05, 0) is 30.9 Å². The molecule has 0 bridgehead atoms. The number of nitrogens with two attached hydrogens (primary N) is 1. The summed E-state index contributed by atoms with van der Waals surface area (Å²) in [5.41, 5.74) is 8.00. The zero-order valence-corrected chi connectivity index (χ0v) is 12.8. The number of anilines is 2. The summed E-state index contributed by atoms with van der Waals surface area (Å²) in [5, 5.41) is 12.1. The Morgan fingerprint density at radius 3 is 2.90 bits per heavy atom. The van der Waals surface area contributed by atoms with E-state index < -0.39 is 5.54 Å². The third-order valence-electron chi connectivity index (χ3n) is 4.24. The standard InChI is InChI=1S/C16H22N4O/c1-11(2)16(3,10-17)19-14(21)9-20-8-7-12-5-4-6-13(18)15(12)20/h4-6,11H,7-9,18H2,1-3H3,(H,19,21). The van der Waals surface area contributed by atoms with Gasteiger partial charge in [0.2, 0.25) is 5.91 Å². The van der Waals surface area contributed by atoms with Crippen molar-refractivity contribution in [2.24, 2.45) is 5.92 Å². The van der Waals surface area contributed by atoms with Gasteiger partial charge < -0.3 is 16.0 Å². The molecule has 2 rings (SSSR count). The number of para-hydroxylation sites is 1. The summed E-state index contributed by atoms with van der Waals surface area (Å²) in [7, 11) is 0. The lowest BCUT2D eigenvalue weighted by atomic mass is 9.90. The molecule has 0 saturated heterocycles. The number of benzene rings is 1. The Balaban J connectivity index is 2.08. The van der Waals surface area contributed by atoms with Gasteiger partial charge in [0.25, 0.3) is 0 Å². The van der Waals surface area contributed by atoms with Crippen molar-refractivity contribution in [3.8, 4) is 6.07 Å². The van der Waals surface area contributed by atoms with Crippen LogP contribution in [0.3, 0.4) is 0 Å². The third kappa shape index (κ3) is 2.94. The van der Waals surface area contributed by atoms with E-state index in [1.165, 1.54) is 5.56 Å². The molecule has 3 N–H and O–H groups in total. The number of carbonyl (C=O) groups is 1. The number of nitrogens with zero attached hydrogens (tertiary/aromatic N) is 2. The highest BCUT2D eigenvalue weighted by atomic mass is 16.2. The fourth-order valence-corrected chi connectivity index (χ4v) is 2.53. The van der Waals surface area contributed by atoms with Crippen LogP contribution >= 0.6 is 0 Å². The van der Waals surface area contributed by atoms with E-state index in [-0.39, 0.29) is 18.4 Å². The Labute approximate surface area is 125 Å². The lowest BCUT2D eigenvalue weighted by Gasteiger charge is -2.29. The molecule has 0 spiro atoms. The molecule has 5 heteroatoms. The molecule has 1 atom stereocenters. The molecule has 112 valence electrons. The number of nitrogens with one attached hydrogen (secondary N) is 1. The van der Waals surface area contributed by atoms with Crippen LogP contribution in [0.4, 0.5) is 11.4 Å². The second-order valence-electron chi connectivity index (χ2n) is 6.04. The van der Waals surface area contributed by atoms with Crippen LogP contribution in [0, 0.1) is 17.2 Å². The first-order valence-corrected chi connectivity index (χ1v) is 7.22. The number of amides is 1. The van der Waals surface area contributed by atoms with Crippen LogP contribution < -0.4 is 16.0 Å². The molecule has 1 aliphatic heterocycles. The van der Waals surface area contributed by atoms with Gasteiger partial charge in [0.1, 0.15) is 5.54 Å². The zero-order valence-electron chi connectivity index (χ0n) is 12.8. The average Bonchev–Trinajstić information content (AvgIpc) is 2.82. The van der Waals surface area contributed by atoms with E-state index >= 15 is 0 Å². The van der Waals surface area contributed by atoms with E-state index in [0.717, 1.165) is 18.7 Å². The van der Waals surface area contributed by atoms with Crippen molar-refractivity contribution in [1.29, 1.82) is 5.26 Å². The predicted molar refractivity (Wildman–Crippen MR) is 83.8 cm³/mol.